The Morgan fingerprint density at radius 2 is 2.21 bits per heavy atom. The van der Waals surface area contributed by atoms with Gasteiger partial charge in [0.15, 0.2) is 5.13 Å². The van der Waals surface area contributed by atoms with Gasteiger partial charge in [-0.25, -0.2) is 4.98 Å². The van der Waals surface area contributed by atoms with Crippen LogP contribution in [0.25, 0.3) is 0 Å². The highest BCUT2D eigenvalue weighted by atomic mass is 32.1. The number of amides is 1. The maximum Gasteiger partial charge on any atom is 0.263 e. The van der Waals surface area contributed by atoms with E-state index in [9.17, 15) is 4.79 Å². The van der Waals surface area contributed by atoms with Crippen molar-refractivity contribution < 1.29 is 4.79 Å². The SMILES string of the molecule is CCN1CCC(CNC(=O)c2sc(N)nc2C)CC1. The van der Waals surface area contributed by atoms with E-state index in [0.717, 1.165) is 44.7 Å². The van der Waals surface area contributed by atoms with Crippen LogP contribution < -0.4 is 11.1 Å². The van der Waals surface area contributed by atoms with Crippen LogP contribution in [0.2, 0.25) is 0 Å². The van der Waals surface area contributed by atoms with Crippen molar-refractivity contribution >= 4 is 22.4 Å². The summed E-state index contributed by atoms with van der Waals surface area (Å²) < 4.78 is 0. The number of carbonyl (C=O) groups is 1. The number of nitrogens with one attached hydrogen (secondary N) is 1. The summed E-state index contributed by atoms with van der Waals surface area (Å²) >= 11 is 1.26. The number of rotatable bonds is 4. The second-order valence-electron chi connectivity index (χ2n) is 5.05. The largest absolute Gasteiger partial charge is 0.375 e. The van der Waals surface area contributed by atoms with Crippen LogP contribution in [0.4, 0.5) is 5.13 Å². The summed E-state index contributed by atoms with van der Waals surface area (Å²) in [5.41, 5.74) is 6.33. The summed E-state index contributed by atoms with van der Waals surface area (Å²) in [5, 5.41) is 3.47. The van der Waals surface area contributed by atoms with Crippen LogP contribution in [0.3, 0.4) is 0 Å². The molecular formula is C13H22N4OS. The van der Waals surface area contributed by atoms with Crippen molar-refractivity contribution in [2.45, 2.75) is 26.7 Å². The summed E-state index contributed by atoms with van der Waals surface area (Å²) in [4.78, 5) is 19.2. The lowest BCUT2D eigenvalue weighted by molar-refractivity contribution is 0.0940. The Balaban J connectivity index is 1.80. The molecule has 0 bridgehead atoms. The second kappa shape index (κ2) is 6.34. The fourth-order valence-electron chi connectivity index (χ4n) is 2.45. The third-order valence-corrected chi connectivity index (χ3v) is 4.71. The van der Waals surface area contributed by atoms with Gasteiger partial charge >= 0.3 is 0 Å². The summed E-state index contributed by atoms with van der Waals surface area (Å²) in [5.74, 6) is 0.557. The van der Waals surface area contributed by atoms with Crippen molar-refractivity contribution in [3.8, 4) is 0 Å². The number of hydrogen-bond donors (Lipinski definition) is 2. The van der Waals surface area contributed by atoms with Gasteiger partial charge in [-0.1, -0.05) is 18.3 Å². The monoisotopic (exact) mass is 282 g/mol. The Morgan fingerprint density at radius 3 is 2.74 bits per heavy atom. The zero-order valence-electron chi connectivity index (χ0n) is 11.6. The lowest BCUT2D eigenvalue weighted by Gasteiger charge is -2.30. The molecule has 0 aromatic carbocycles. The minimum atomic E-state index is -0.0374. The fourth-order valence-corrected chi connectivity index (χ4v) is 3.20. The van der Waals surface area contributed by atoms with Crippen molar-refractivity contribution in [2.75, 3.05) is 31.9 Å². The maximum absolute atomic E-state index is 12.0. The van der Waals surface area contributed by atoms with E-state index in [4.69, 9.17) is 5.73 Å². The highest BCUT2D eigenvalue weighted by Crippen LogP contribution is 2.20. The molecule has 3 N–H and O–H groups in total. The van der Waals surface area contributed by atoms with Gasteiger partial charge < -0.3 is 16.0 Å². The highest BCUT2D eigenvalue weighted by molar-refractivity contribution is 7.17. The van der Waals surface area contributed by atoms with Crippen LogP contribution in [-0.2, 0) is 0 Å². The molecule has 6 heteroatoms. The van der Waals surface area contributed by atoms with Crippen molar-refractivity contribution in [2.24, 2.45) is 5.92 Å². The molecule has 2 rings (SSSR count). The molecule has 1 aromatic heterocycles. The average molecular weight is 282 g/mol. The number of aryl methyl sites for hydroxylation is 1. The molecule has 2 heterocycles. The van der Waals surface area contributed by atoms with E-state index in [1.165, 1.54) is 11.3 Å². The van der Waals surface area contributed by atoms with E-state index in [1.54, 1.807) is 0 Å². The number of likely N-dealkylation sites (tertiary alicyclic amines) is 1. The van der Waals surface area contributed by atoms with Gasteiger partial charge in [0.25, 0.3) is 5.91 Å². The molecule has 19 heavy (non-hydrogen) atoms. The molecule has 0 spiro atoms. The van der Waals surface area contributed by atoms with Gasteiger partial charge in [0, 0.05) is 6.54 Å². The van der Waals surface area contributed by atoms with Crippen LogP contribution in [0.5, 0.6) is 0 Å². The molecule has 1 fully saturated rings. The number of piperidine rings is 1. The quantitative estimate of drug-likeness (QED) is 0.878. The van der Waals surface area contributed by atoms with Gasteiger partial charge in [0.05, 0.1) is 5.69 Å². The van der Waals surface area contributed by atoms with Gasteiger partial charge in [-0.05, 0) is 45.3 Å². The first-order valence-electron chi connectivity index (χ1n) is 6.83. The second-order valence-corrected chi connectivity index (χ2v) is 6.08. The van der Waals surface area contributed by atoms with E-state index in [-0.39, 0.29) is 5.91 Å². The molecule has 1 aliphatic heterocycles. The number of nitrogens with two attached hydrogens (primary N) is 1. The molecule has 5 nitrogen and oxygen atoms in total. The molecule has 0 atom stereocenters. The Hall–Kier alpha value is -1.14. The van der Waals surface area contributed by atoms with E-state index in [2.05, 4.69) is 22.1 Å². The van der Waals surface area contributed by atoms with Crippen molar-refractivity contribution in [3.63, 3.8) is 0 Å². The minimum Gasteiger partial charge on any atom is -0.375 e. The van der Waals surface area contributed by atoms with Crippen molar-refractivity contribution in [1.82, 2.24) is 15.2 Å². The van der Waals surface area contributed by atoms with Crippen LogP contribution in [0, 0.1) is 12.8 Å². The fraction of sp³-hybridized carbons (Fsp3) is 0.692. The molecule has 0 saturated carbocycles. The zero-order chi connectivity index (χ0) is 13.8. The smallest absolute Gasteiger partial charge is 0.263 e. The van der Waals surface area contributed by atoms with E-state index >= 15 is 0 Å². The average Bonchev–Trinajstić information content (AvgIpc) is 2.75. The predicted molar refractivity (Wildman–Crippen MR) is 78.4 cm³/mol. The number of nitrogen functional groups attached to an aromatic ring is 1. The summed E-state index contributed by atoms with van der Waals surface area (Å²) in [7, 11) is 0. The lowest BCUT2D eigenvalue weighted by Crippen LogP contribution is -2.38. The van der Waals surface area contributed by atoms with Gasteiger partial charge in [0.1, 0.15) is 4.88 Å². The Morgan fingerprint density at radius 1 is 1.53 bits per heavy atom. The molecule has 1 aromatic rings. The minimum absolute atomic E-state index is 0.0374. The van der Waals surface area contributed by atoms with Crippen molar-refractivity contribution in [1.29, 1.82) is 0 Å². The van der Waals surface area contributed by atoms with Crippen LogP contribution in [-0.4, -0.2) is 42.0 Å². The first kappa shape index (κ1) is 14.3. The standard InChI is InChI=1S/C13H22N4OS/c1-3-17-6-4-10(5-7-17)8-15-12(18)11-9(2)16-13(14)19-11/h10H,3-8H2,1-2H3,(H2,14,16)(H,15,18). The normalized spacial score (nSPS) is 17.6. The number of carbonyl (C=O) groups excluding carboxylic acids is 1. The third-order valence-electron chi connectivity index (χ3n) is 3.73. The third kappa shape index (κ3) is 3.67. The van der Waals surface area contributed by atoms with Crippen LogP contribution in [0.1, 0.15) is 35.1 Å². The molecule has 0 unspecified atom stereocenters. The van der Waals surface area contributed by atoms with Crippen LogP contribution >= 0.6 is 11.3 Å². The molecule has 106 valence electrons. The van der Waals surface area contributed by atoms with Gasteiger partial charge in [-0.2, -0.15) is 0 Å². The number of thiazole rings is 1. The molecule has 0 radical (unpaired) electrons. The molecular weight excluding hydrogens is 260 g/mol. The van der Waals surface area contributed by atoms with E-state index < -0.39 is 0 Å². The topological polar surface area (TPSA) is 71.2 Å². The number of anilines is 1. The number of hydrogen-bond acceptors (Lipinski definition) is 5. The molecule has 0 aliphatic carbocycles. The Kier molecular flexibility index (Phi) is 4.76. The van der Waals surface area contributed by atoms with Crippen LogP contribution in [0.15, 0.2) is 0 Å². The molecule has 1 saturated heterocycles. The lowest BCUT2D eigenvalue weighted by atomic mass is 9.97. The van der Waals surface area contributed by atoms with Gasteiger partial charge in [0.2, 0.25) is 0 Å². The first-order valence-corrected chi connectivity index (χ1v) is 7.65. The van der Waals surface area contributed by atoms with E-state index in [0.29, 0.717) is 15.9 Å². The van der Waals surface area contributed by atoms with E-state index in [1.807, 2.05) is 6.92 Å². The number of aromatic nitrogens is 1. The summed E-state index contributed by atoms with van der Waals surface area (Å²) in [6.07, 6.45) is 2.33. The first-order chi connectivity index (χ1) is 9.10. The van der Waals surface area contributed by atoms with Crippen molar-refractivity contribution in [3.05, 3.63) is 10.6 Å². The Labute approximate surface area is 118 Å². The summed E-state index contributed by atoms with van der Waals surface area (Å²) in [6.45, 7) is 8.18. The van der Waals surface area contributed by atoms with Gasteiger partial charge in [-0.3, -0.25) is 4.79 Å². The zero-order valence-corrected chi connectivity index (χ0v) is 12.4. The highest BCUT2D eigenvalue weighted by Gasteiger charge is 2.20. The molecule has 1 amide bonds. The predicted octanol–water partition coefficient (Wildman–Crippen LogP) is 1.50. The maximum atomic E-state index is 12.0. The van der Waals surface area contributed by atoms with Gasteiger partial charge in [-0.15, -0.1) is 0 Å². The summed E-state index contributed by atoms with van der Waals surface area (Å²) in [6, 6.07) is 0. The number of nitrogens with zero attached hydrogens (tertiary/aromatic N) is 2. The molecule has 1 aliphatic rings. The Bertz CT molecular complexity index is 438.